The number of hydrogen-bond donors (Lipinski definition) is 1. The lowest BCUT2D eigenvalue weighted by Crippen LogP contribution is -2.40. The van der Waals surface area contributed by atoms with Gasteiger partial charge in [0, 0.05) is 51.0 Å². The summed E-state index contributed by atoms with van der Waals surface area (Å²) < 4.78 is 49.1. The molecule has 9 nitrogen and oxygen atoms in total. The molecule has 1 aliphatic rings. The summed E-state index contributed by atoms with van der Waals surface area (Å²) in [5, 5.41) is 14.2. The topological polar surface area (TPSA) is 107 Å². The fraction of sp³-hybridized carbons (Fsp3) is 0.455. The molecule has 0 radical (unpaired) electrons. The third kappa shape index (κ3) is 6.56. The number of rotatable bonds is 9. The number of ether oxygens (including phenoxy) is 2. The van der Waals surface area contributed by atoms with Crippen molar-refractivity contribution in [1.29, 1.82) is 0 Å². The van der Waals surface area contributed by atoms with Gasteiger partial charge in [-0.3, -0.25) is 14.9 Å². The Morgan fingerprint density at radius 3 is 2.56 bits per heavy atom. The fourth-order valence-electron chi connectivity index (χ4n) is 3.66. The molecule has 1 amide bonds. The highest BCUT2D eigenvalue weighted by Crippen LogP contribution is 2.37. The molecule has 0 spiro atoms. The molecule has 0 aliphatic carbocycles. The van der Waals surface area contributed by atoms with E-state index in [4.69, 9.17) is 9.47 Å². The van der Waals surface area contributed by atoms with Crippen molar-refractivity contribution >= 4 is 17.3 Å². The van der Waals surface area contributed by atoms with Gasteiger partial charge in [0.1, 0.15) is 12.3 Å². The van der Waals surface area contributed by atoms with Gasteiger partial charge in [-0.25, -0.2) is 4.98 Å². The Morgan fingerprint density at radius 2 is 1.97 bits per heavy atom. The highest BCUT2D eigenvalue weighted by molar-refractivity contribution is 5.79. The molecule has 12 heteroatoms. The average Bonchev–Trinajstić information content (AvgIpc) is 2.82. The summed E-state index contributed by atoms with van der Waals surface area (Å²) in [5.74, 6) is 0.00760. The van der Waals surface area contributed by atoms with Gasteiger partial charge in [-0.1, -0.05) is 6.07 Å². The van der Waals surface area contributed by atoms with E-state index in [0.717, 1.165) is 17.7 Å². The van der Waals surface area contributed by atoms with Crippen LogP contribution in [0, 0.1) is 16.0 Å². The Balaban J connectivity index is 1.53. The van der Waals surface area contributed by atoms with Gasteiger partial charge in [0.2, 0.25) is 11.8 Å². The molecule has 0 bridgehead atoms. The van der Waals surface area contributed by atoms with Crippen molar-refractivity contribution in [2.75, 3.05) is 38.3 Å². The summed E-state index contributed by atoms with van der Waals surface area (Å²) in [7, 11) is 1.57. The largest absolute Gasteiger partial charge is 0.475 e. The number of carbonyl (C=O) groups is 1. The van der Waals surface area contributed by atoms with Crippen molar-refractivity contribution in [1.82, 2.24) is 10.3 Å². The third-order valence-electron chi connectivity index (χ3n) is 5.51. The number of nitro groups is 1. The summed E-state index contributed by atoms with van der Waals surface area (Å²) in [6, 6.07) is 6.00. The van der Waals surface area contributed by atoms with Crippen LogP contribution in [0.3, 0.4) is 0 Å². The molecule has 2 aromatic rings. The first-order chi connectivity index (χ1) is 16.2. The fourth-order valence-corrected chi connectivity index (χ4v) is 3.66. The van der Waals surface area contributed by atoms with Crippen LogP contribution in [0.2, 0.25) is 0 Å². The molecule has 0 unspecified atom stereocenters. The lowest BCUT2D eigenvalue weighted by Gasteiger charge is -2.32. The van der Waals surface area contributed by atoms with Crippen molar-refractivity contribution < 1.29 is 32.4 Å². The van der Waals surface area contributed by atoms with E-state index < -0.39 is 22.4 Å². The highest BCUT2D eigenvalue weighted by Gasteiger charge is 2.34. The monoisotopic (exact) mass is 482 g/mol. The van der Waals surface area contributed by atoms with E-state index in [0.29, 0.717) is 51.1 Å². The van der Waals surface area contributed by atoms with Crippen LogP contribution in [0.4, 0.5) is 24.5 Å². The van der Waals surface area contributed by atoms with E-state index in [2.05, 4.69) is 10.3 Å². The summed E-state index contributed by atoms with van der Waals surface area (Å²) in [6.07, 6.45) is -2.21. The van der Waals surface area contributed by atoms with E-state index >= 15 is 0 Å². The number of hydrogen-bond acceptors (Lipinski definition) is 7. The van der Waals surface area contributed by atoms with Gasteiger partial charge in [0.05, 0.1) is 17.1 Å². The molecule has 1 fully saturated rings. The van der Waals surface area contributed by atoms with Crippen LogP contribution in [0.15, 0.2) is 36.5 Å². The van der Waals surface area contributed by atoms with Crippen LogP contribution in [0.5, 0.6) is 5.88 Å². The predicted molar refractivity (Wildman–Crippen MR) is 116 cm³/mol. The molecule has 184 valence electrons. The molecule has 1 N–H and O–H groups in total. The van der Waals surface area contributed by atoms with Crippen molar-refractivity contribution in [2.24, 2.45) is 5.92 Å². The van der Waals surface area contributed by atoms with E-state index in [-0.39, 0.29) is 24.1 Å². The zero-order valence-corrected chi connectivity index (χ0v) is 18.5. The van der Waals surface area contributed by atoms with Gasteiger partial charge in [0.15, 0.2) is 0 Å². The highest BCUT2D eigenvalue weighted by atomic mass is 19.4. The van der Waals surface area contributed by atoms with Gasteiger partial charge in [-0.2, -0.15) is 13.2 Å². The standard InChI is InChI=1S/C22H25F3N4O5/c1-33-10-11-34-20-5-2-15(13-26-20)14-27-21(30)16-6-8-28(9-7-16)18-4-3-17(22(23,24)25)12-19(18)29(31)32/h2-5,12-13,16H,6-11,14H2,1H3,(H,27,30). The number of carbonyl (C=O) groups excluding carboxylic acids is 1. The Labute approximate surface area is 194 Å². The Morgan fingerprint density at radius 1 is 1.24 bits per heavy atom. The average molecular weight is 482 g/mol. The molecule has 3 rings (SSSR count). The lowest BCUT2D eigenvalue weighted by molar-refractivity contribution is -0.384. The number of anilines is 1. The van der Waals surface area contributed by atoms with Gasteiger partial charge >= 0.3 is 6.18 Å². The van der Waals surface area contributed by atoms with Crippen LogP contribution in [0.1, 0.15) is 24.0 Å². The first-order valence-corrected chi connectivity index (χ1v) is 10.6. The molecule has 0 atom stereocenters. The summed E-state index contributed by atoms with van der Waals surface area (Å²) >= 11 is 0. The Hall–Kier alpha value is -3.41. The van der Waals surface area contributed by atoms with Crippen molar-refractivity contribution in [2.45, 2.75) is 25.6 Å². The smallest absolute Gasteiger partial charge is 0.416 e. The van der Waals surface area contributed by atoms with Gasteiger partial charge < -0.3 is 19.7 Å². The zero-order chi connectivity index (χ0) is 24.7. The predicted octanol–water partition coefficient (Wildman–Crippen LogP) is 3.57. The Kier molecular flexibility index (Phi) is 8.26. The van der Waals surface area contributed by atoms with E-state index in [1.807, 2.05) is 0 Å². The number of pyridine rings is 1. The van der Waals surface area contributed by atoms with Crippen LogP contribution in [-0.2, 0) is 22.3 Å². The number of methoxy groups -OCH3 is 1. The number of benzene rings is 1. The number of aromatic nitrogens is 1. The van der Waals surface area contributed by atoms with E-state index in [9.17, 15) is 28.1 Å². The number of nitrogens with one attached hydrogen (secondary N) is 1. The minimum atomic E-state index is -4.67. The lowest BCUT2D eigenvalue weighted by atomic mass is 9.95. The van der Waals surface area contributed by atoms with E-state index in [1.165, 1.54) is 0 Å². The van der Waals surface area contributed by atoms with Crippen molar-refractivity contribution in [3.63, 3.8) is 0 Å². The zero-order valence-electron chi connectivity index (χ0n) is 18.5. The van der Waals surface area contributed by atoms with Crippen LogP contribution >= 0.6 is 0 Å². The molecule has 2 heterocycles. The van der Waals surface area contributed by atoms with Gasteiger partial charge in [-0.15, -0.1) is 0 Å². The van der Waals surface area contributed by atoms with Crippen LogP contribution < -0.4 is 15.0 Å². The molecule has 0 saturated carbocycles. The number of nitrogens with zero attached hydrogens (tertiary/aromatic N) is 3. The summed E-state index contributed by atoms with van der Waals surface area (Å²) in [5.41, 5.74) is -0.748. The first-order valence-electron chi connectivity index (χ1n) is 10.6. The van der Waals surface area contributed by atoms with Crippen LogP contribution in [-0.4, -0.2) is 49.2 Å². The molecule has 1 aromatic carbocycles. The number of halogens is 3. The molecular weight excluding hydrogens is 457 g/mol. The number of piperidine rings is 1. The minimum absolute atomic E-state index is 0.121. The van der Waals surface area contributed by atoms with Crippen molar-refractivity contribution in [3.05, 3.63) is 57.8 Å². The normalized spacial score (nSPS) is 14.6. The summed E-state index contributed by atoms with van der Waals surface area (Å²) in [4.78, 5) is 28.9. The second-order valence-electron chi connectivity index (χ2n) is 7.78. The second-order valence-corrected chi connectivity index (χ2v) is 7.78. The van der Waals surface area contributed by atoms with Crippen LogP contribution in [0.25, 0.3) is 0 Å². The molecule has 1 saturated heterocycles. The summed E-state index contributed by atoms with van der Waals surface area (Å²) in [6.45, 7) is 1.76. The maximum atomic E-state index is 12.9. The number of alkyl halides is 3. The minimum Gasteiger partial charge on any atom is -0.475 e. The number of amides is 1. The first kappa shape index (κ1) is 25.2. The molecule has 34 heavy (non-hydrogen) atoms. The van der Waals surface area contributed by atoms with Gasteiger partial charge in [0.25, 0.3) is 5.69 Å². The SMILES string of the molecule is COCCOc1ccc(CNC(=O)C2CCN(c3ccc(C(F)(F)F)cc3[N+](=O)[O-])CC2)cn1. The van der Waals surface area contributed by atoms with E-state index in [1.54, 1.807) is 30.3 Å². The maximum Gasteiger partial charge on any atom is 0.416 e. The number of nitro benzene ring substituents is 1. The maximum absolute atomic E-state index is 12.9. The second kappa shape index (κ2) is 11.1. The van der Waals surface area contributed by atoms with Crippen molar-refractivity contribution in [3.8, 4) is 5.88 Å². The third-order valence-corrected chi connectivity index (χ3v) is 5.51. The Bertz CT molecular complexity index is 993. The molecule has 1 aromatic heterocycles. The molecule has 1 aliphatic heterocycles. The van der Waals surface area contributed by atoms with Gasteiger partial charge in [-0.05, 0) is 30.5 Å². The quantitative estimate of drug-likeness (QED) is 0.331. The molecular formula is C22H25F3N4O5.